The quantitative estimate of drug-likeness (QED) is 0.789. The van der Waals surface area contributed by atoms with E-state index in [9.17, 15) is 4.79 Å². The number of fused-ring (bicyclic) bond motifs is 2. The van der Waals surface area contributed by atoms with Gasteiger partial charge in [0.25, 0.3) is 0 Å². The van der Waals surface area contributed by atoms with Gasteiger partial charge in [0.15, 0.2) is 5.78 Å². The number of aromatic nitrogens is 1. The third-order valence-electron chi connectivity index (χ3n) is 4.22. The van der Waals surface area contributed by atoms with Crippen LogP contribution in [0.1, 0.15) is 56.7 Å². The molecule has 2 aliphatic carbocycles. The summed E-state index contributed by atoms with van der Waals surface area (Å²) in [5.74, 6) is 0.718. The number of hydrogen-bond donors (Lipinski definition) is 0. The number of thiazole rings is 1. The predicted molar refractivity (Wildman–Crippen MR) is 76.0 cm³/mol. The smallest absolute Gasteiger partial charge is 0.174 e. The Morgan fingerprint density at radius 1 is 1.16 bits per heavy atom. The second kappa shape index (κ2) is 4.27. The van der Waals surface area contributed by atoms with Crippen LogP contribution in [0.25, 0.3) is 0 Å². The Morgan fingerprint density at radius 2 is 2.05 bits per heavy atom. The number of carbonyl (C=O) groups excluding carboxylic acids is 1. The van der Waals surface area contributed by atoms with Crippen molar-refractivity contribution in [1.82, 2.24) is 4.98 Å². The number of benzene rings is 1. The van der Waals surface area contributed by atoms with Gasteiger partial charge in [0.05, 0.1) is 10.6 Å². The molecule has 2 nitrogen and oxygen atoms in total. The predicted octanol–water partition coefficient (Wildman–Crippen LogP) is 3.74. The fourth-order valence-corrected chi connectivity index (χ4v) is 4.48. The molecule has 4 rings (SSSR count). The molecule has 0 bridgehead atoms. The molecule has 0 saturated carbocycles. The first-order valence-corrected chi connectivity index (χ1v) is 7.75. The molecule has 19 heavy (non-hydrogen) atoms. The van der Waals surface area contributed by atoms with E-state index in [0.717, 1.165) is 41.3 Å². The van der Waals surface area contributed by atoms with Gasteiger partial charge in [0.2, 0.25) is 0 Å². The fourth-order valence-electron chi connectivity index (χ4n) is 3.25. The molecule has 1 atom stereocenters. The second-order valence-corrected chi connectivity index (χ2v) is 6.43. The number of nitrogens with zero attached hydrogens (tertiary/aromatic N) is 1. The summed E-state index contributed by atoms with van der Waals surface area (Å²) in [5.41, 5.74) is 3.92. The maximum absolute atomic E-state index is 11.9. The van der Waals surface area contributed by atoms with Crippen molar-refractivity contribution in [3.8, 4) is 0 Å². The highest BCUT2D eigenvalue weighted by molar-refractivity contribution is 7.14. The molecule has 0 N–H and O–H groups in total. The zero-order valence-corrected chi connectivity index (χ0v) is 11.5. The monoisotopic (exact) mass is 269 g/mol. The molecule has 0 radical (unpaired) electrons. The third-order valence-corrected chi connectivity index (χ3v) is 5.47. The lowest BCUT2D eigenvalue weighted by atomic mass is 10.0. The van der Waals surface area contributed by atoms with Crippen molar-refractivity contribution < 1.29 is 4.79 Å². The van der Waals surface area contributed by atoms with Gasteiger partial charge in [-0.2, -0.15) is 0 Å². The first-order valence-electron chi connectivity index (χ1n) is 6.93. The molecule has 0 saturated heterocycles. The highest BCUT2D eigenvalue weighted by Crippen LogP contribution is 2.41. The van der Waals surface area contributed by atoms with Crippen LogP contribution in [-0.4, -0.2) is 10.8 Å². The van der Waals surface area contributed by atoms with Crippen molar-refractivity contribution in [3.05, 3.63) is 51.0 Å². The van der Waals surface area contributed by atoms with E-state index in [1.807, 2.05) is 0 Å². The van der Waals surface area contributed by atoms with E-state index in [1.165, 1.54) is 11.1 Å². The molecule has 0 spiro atoms. The number of aryl methyl sites for hydroxylation is 2. The Bertz CT molecular complexity index is 659. The number of carbonyl (C=O) groups is 1. The van der Waals surface area contributed by atoms with E-state index < -0.39 is 0 Å². The lowest BCUT2D eigenvalue weighted by molar-refractivity contribution is 0.0976. The van der Waals surface area contributed by atoms with E-state index in [1.54, 1.807) is 11.3 Å². The Kier molecular flexibility index (Phi) is 2.55. The SMILES string of the molecule is O=C1CCCc2nc(C3CCc4ccccc43)sc21. The Balaban J connectivity index is 1.77. The molecule has 0 fully saturated rings. The normalized spacial score (nSPS) is 21.3. The van der Waals surface area contributed by atoms with E-state index in [0.29, 0.717) is 18.1 Å². The summed E-state index contributed by atoms with van der Waals surface area (Å²) >= 11 is 1.64. The molecule has 96 valence electrons. The lowest BCUT2D eigenvalue weighted by Gasteiger charge is -2.07. The second-order valence-electron chi connectivity index (χ2n) is 5.39. The summed E-state index contributed by atoms with van der Waals surface area (Å²) < 4.78 is 0. The van der Waals surface area contributed by atoms with Crippen LogP contribution >= 0.6 is 11.3 Å². The largest absolute Gasteiger partial charge is 0.293 e. The first-order chi connectivity index (χ1) is 9.33. The number of hydrogen-bond acceptors (Lipinski definition) is 3. The van der Waals surface area contributed by atoms with Gasteiger partial charge in [-0.05, 0) is 36.8 Å². The molecule has 1 unspecified atom stereocenters. The lowest BCUT2D eigenvalue weighted by Crippen LogP contribution is -2.07. The highest BCUT2D eigenvalue weighted by atomic mass is 32.1. The van der Waals surface area contributed by atoms with E-state index in [-0.39, 0.29) is 0 Å². The van der Waals surface area contributed by atoms with Crippen LogP contribution in [0.5, 0.6) is 0 Å². The molecule has 3 heteroatoms. The minimum absolute atomic E-state index is 0.302. The van der Waals surface area contributed by atoms with Crippen molar-refractivity contribution in [1.29, 1.82) is 0 Å². The van der Waals surface area contributed by atoms with Gasteiger partial charge in [-0.25, -0.2) is 4.98 Å². The summed E-state index contributed by atoms with van der Waals surface area (Å²) in [6.45, 7) is 0. The molecule has 2 aliphatic rings. The fraction of sp³-hybridized carbons (Fsp3) is 0.375. The zero-order chi connectivity index (χ0) is 12.8. The Labute approximate surface area is 116 Å². The number of ketones is 1. The number of rotatable bonds is 1. The minimum atomic E-state index is 0.302. The van der Waals surface area contributed by atoms with Gasteiger partial charge in [-0.1, -0.05) is 24.3 Å². The maximum atomic E-state index is 11.9. The summed E-state index contributed by atoms with van der Waals surface area (Å²) in [7, 11) is 0. The van der Waals surface area contributed by atoms with Crippen LogP contribution < -0.4 is 0 Å². The summed E-state index contributed by atoms with van der Waals surface area (Å²) in [4.78, 5) is 17.6. The van der Waals surface area contributed by atoms with Crippen molar-refractivity contribution in [3.63, 3.8) is 0 Å². The third kappa shape index (κ3) is 1.76. The van der Waals surface area contributed by atoms with Crippen LogP contribution in [0.4, 0.5) is 0 Å². The molecule has 1 heterocycles. The van der Waals surface area contributed by atoms with Gasteiger partial charge < -0.3 is 0 Å². The highest BCUT2D eigenvalue weighted by Gasteiger charge is 2.29. The number of Topliss-reactive ketones (excluding diaryl/α,β-unsaturated/α-hetero) is 1. The van der Waals surface area contributed by atoms with Crippen molar-refractivity contribution in [2.45, 2.75) is 38.0 Å². The first kappa shape index (κ1) is 11.4. The van der Waals surface area contributed by atoms with Crippen molar-refractivity contribution >= 4 is 17.1 Å². The minimum Gasteiger partial charge on any atom is -0.293 e. The summed E-state index contributed by atoms with van der Waals surface area (Å²) in [6.07, 6.45) is 4.93. The summed E-state index contributed by atoms with van der Waals surface area (Å²) in [5, 5.41) is 1.16. The summed E-state index contributed by atoms with van der Waals surface area (Å²) in [6, 6.07) is 8.65. The van der Waals surface area contributed by atoms with Gasteiger partial charge in [0, 0.05) is 12.3 Å². The van der Waals surface area contributed by atoms with Gasteiger partial charge >= 0.3 is 0 Å². The van der Waals surface area contributed by atoms with E-state index >= 15 is 0 Å². The van der Waals surface area contributed by atoms with Crippen LogP contribution in [0, 0.1) is 0 Å². The standard InChI is InChI=1S/C16H15NOS/c18-14-7-3-6-13-15(14)19-16(17-13)12-9-8-10-4-1-2-5-11(10)12/h1-2,4-5,12H,3,6-9H2. The molecule has 0 amide bonds. The maximum Gasteiger partial charge on any atom is 0.174 e. The molecule has 2 aromatic rings. The molecule has 1 aromatic carbocycles. The topological polar surface area (TPSA) is 30.0 Å². The van der Waals surface area contributed by atoms with Crippen molar-refractivity contribution in [2.24, 2.45) is 0 Å². The Morgan fingerprint density at radius 3 is 2.95 bits per heavy atom. The average molecular weight is 269 g/mol. The van der Waals surface area contributed by atoms with Gasteiger partial charge in [-0.15, -0.1) is 11.3 Å². The van der Waals surface area contributed by atoms with Gasteiger partial charge in [0.1, 0.15) is 5.01 Å². The van der Waals surface area contributed by atoms with E-state index in [4.69, 9.17) is 4.98 Å². The van der Waals surface area contributed by atoms with Crippen LogP contribution in [0.2, 0.25) is 0 Å². The van der Waals surface area contributed by atoms with Gasteiger partial charge in [-0.3, -0.25) is 4.79 Å². The molecular formula is C16H15NOS. The Hall–Kier alpha value is -1.48. The molecule has 0 aliphatic heterocycles. The van der Waals surface area contributed by atoms with Crippen LogP contribution in [-0.2, 0) is 12.8 Å². The molecular weight excluding hydrogens is 254 g/mol. The van der Waals surface area contributed by atoms with E-state index in [2.05, 4.69) is 24.3 Å². The van der Waals surface area contributed by atoms with Crippen LogP contribution in [0.15, 0.2) is 24.3 Å². The molecule has 1 aromatic heterocycles. The zero-order valence-electron chi connectivity index (χ0n) is 10.7. The van der Waals surface area contributed by atoms with Crippen molar-refractivity contribution in [2.75, 3.05) is 0 Å². The van der Waals surface area contributed by atoms with Crippen LogP contribution in [0.3, 0.4) is 0 Å². The average Bonchev–Trinajstić information content (AvgIpc) is 3.02.